The third-order valence-corrected chi connectivity index (χ3v) is 8.89. The third-order valence-electron chi connectivity index (χ3n) is 4.09. The molecule has 6 heteroatoms. The molecule has 0 aromatic carbocycles. The van der Waals surface area contributed by atoms with Gasteiger partial charge in [0.1, 0.15) is 5.01 Å². The molecule has 1 fully saturated rings. The zero-order valence-electron chi connectivity index (χ0n) is 11.7. The molecule has 2 heterocycles. The molecule has 2 aliphatic rings. The lowest BCUT2D eigenvalue weighted by Crippen LogP contribution is -2.22. The second-order valence-corrected chi connectivity index (χ2v) is 9.62. The first kappa shape index (κ1) is 14.7. The Balaban J connectivity index is 1.84. The molecule has 1 saturated heterocycles. The van der Waals surface area contributed by atoms with Crippen molar-refractivity contribution < 1.29 is 9.90 Å². The number of hydrogen-bond acceptors (Lipinski definition) is 5. The lowest BCUT2D eigenvalue weighted by Gasteiger charge is -2.30. The second-order valence-electron chi connectivity index (χ2n) is 5.51. The quantitative estimate of drug-likeness (QED) is 0.890. The Labute approximate surface area is 131 Å². The number of rotatable bonds is 2. The highest BCUT2D eigenvalue weighted by Gasteiger charge is 2.33. The van der Waals surface area contributed by atoms with Gasteiger partial charge < -0.3 is 5.11 Å². The molecular formula is C14H19NO2S3. The van der Waals surface area contributed by atoms with Crippen LogP contribution in [0.5, 0.6) is 0 Å². The smallest absolute Gasteiger partial charge is 0.312 e. The van der Waals surface area contributed by atoms with Crippen LogP contribution in [0.4, 0.5) is 0 Å². The summed E-state index contributed by atoms with van der Waals surface area (Å²) in [5.41, 5.74) is 0.862. The van der Waals surface area contributed by atoms with Gasteiger partial charge in [0.25, 0.3) is 0 Å². The monoisotopic (exact) mass is 329 g/mol. The fourth-order valence-corrected chi connectivity index (χ4v) is 7.09. The van der Waals surface area contributed by atoms with Gasteiger partial charge >= 0.3 is 5.97 Å². The highest BCUT2D eigenvalue weighted by Crippen LogP contribution is 2.47. The van der Waals surface area contributed by atoms with E-state index in [0.717, 1.165) is 35.7 Å². The number of nitrogens with zero attached hydrogens (tertiary/aromatic N) is 1. The van der Waals surface area contributed by atoms with E-state index >= 15 is 0 Å². The first-order chi connectivity index (χ1) is 9.56. The molecule has 3 rings (SSSR count). The topological polar surface area (TPSA) is 50.2 Å². The van der Waals surface area contributed by atoms with Crippen LogP contribution in [-0.2, 0) is 11.2 Å². The van der Waals surface area contributed by atoms with Crippen molar-refractivity contribution in [1.29, 1.82) is 0 Å². The van der Waals surface area contributed by atoms with Crippen LogP contribution in [-0.4, -0.2) is 32.3 Å². The molecule has 1 aliphatic carbocycles. The van der Waals surface area contributed by atoms with Crippen molar-refractivity contribution in [3.63, 3.8) is 0 Å². The molecule has 4 unspecified atom stereocenters. The van der Waals surface area contributed by atoms with E-state index in [0.29, 0.717) is 15.7 Å². The average molecular weight is 330 g/mol. The van der Waals surface area contributed by atoms with Crippen LogP contribution in [0.25, 0.3) is 0 Å². The number of aliphatic carboxylic acids is 1. The Morgan fingerprint density at radius 1 is 1.35 bits per heavy atom. The van der Waals surface area contributed by atoms with Crippen molar-refractivity contribution >= 4 is 40.8 Å². The molecule has 110 valence electrons. The van der Waals surface area contributed by atoms with Crippen LogP contribution >= 0.6 is 34.9 Å². The number of aromatic nitrogens is 1. The summed E-state index contributed by atoms with van der Waals surface area (Å²) in [5, 5.41) is 12.3. The molecule has 4 atom stereocenters. The molecule has 0 bridgehead atoms. The zero-order valence-corrected chi connectivity index (χ0v) is 14.1. The maximum absolute atomic E-state index is 11.4. The summed E-state index contributed by atoms with van der Waals surface area (Å²) in [6, 6.07) is 0. The lowest BCUT2D eigenvalue weighted by molar-refractivity contribution is -0.139. The highest BCUT2D eigenvalue weighted by molar-refractivity contribution is 8.07. The van der Waals surface area contributed by atoms with E-state index in [-0.39, 0.29) is 5.92 Å². The molecule has 1 aromatic heterocycles. The molecule has 1 N–H and O–H groups in total. The van der Waals surface area contributed by atoms with Gasteiger partial charge in [-0.3, -0.25) is 4.79 Å². The molecular weight excluding hydrogens is 310 g/mol. The van der Waals surface area contributed by atoms with Crippen molar-refractivity contribution in [2.45, 2.75) is 54.8 Å². The fourth-order valence-electron chi connectivity index (χ4n) is 2.73. The summed E-state index contributed by atoms with van der Waals surface area (Å²) < 4.78 is 0. The summed E-state index contributed by atoms with van der Waals surface area (Å²) in [7, 11) is 0. The standard InChI is InChI=1S/C14H19NO2S3/c1-7-8(2)19-11(6-18-7)13-15-12-9(14(16)17)4-3-5-10(12)20-13/h7-9,11H,3-6H2,1-2H3,(H,16,17). The van der Waals surface area contributed by atoms with Gasteiger partial charge in [0, 0.05) is 21.1 Å². The summed E-state index contributed by atoms with van der Waals surface area (Å²) >= 11 is 5.77. The van der Waals surface area contributed by atoms with E-state index in [9.17, 15) is 9.90 Å². The van der Waals surface area contributed by atoms with E-state index < -0.39 is 5.97 Å². The summed E-state index contributed by atoms with van der Waals surface area (Å²) in [4.78, 5) is 17.3. The van der Waals surface area contributed by atoms with Crippen molar-refractivity contribution in [1.82, 2.24) is 4.98 Å². The SMILES string of the molecule is CC1SCC(c2nc3c(s2)CCCC3C(=O)O)SC1C. The van der Waals surface area contributed by atoms with E-state index in [1.807, 2.05) is 23.5 Å². The number of hydrogen-bond donors (Lipinski definition) is 1. The van der Waals surface area contributed by atoms with Gasteiger partial charge in [-0.2, -0.15) is 11.8 Å². The van der Waals surface area contributed by atoms with E-state index in [1.165, 1.54) is 4.88 Å². The van der Waals surface area contributed by atoms with Crippen molar-refractivity contribution in [2.24, 2.45) is 0 Å². The first-order valence-corrected chi connectivity index (χ1v) is 9.86. The van der Waals surface area contributed by atoms with E-state index in [1.54, 1.807) is 11.3 Å². The van der Waals surface area contributed by atoms with Gasteiger partial charge in [-0.15, -0.1) is 23.1 Å². The van der Waals surface area contributed by atoms with Crippen LogP contribution in [0.2, 0.25) is 0 Å². The van der Waals surface area contributed by atoms with Gasteiger partial charge in [-0.25, -0.2) is 4.98 Å². The van der Waals surface area contributed by atoms with Crippen molar-refractivity contribution in [3.8, 4) is 0 Å². The average Bonchev–Trinajstić information content (AvgIpc) is 2.85. The number of carbonyl (C=O) groups is 1. The van der Waals surface area contributed by atoms with Crippen molar-refractivity contribution in [2.75, 3.05) is 5.75 Å². The van der Waals surface area contributed by atoms with Crippen LogP contribution < -0.4 is 0 Å². The molecule has 3 nitrogen and oxygen atoms in total. The van der Waals surface area contributed by atoms with Crippen LogP contribution in [0.1, 0.15) is 53.4 Å². The molecule has 0 amide bonds. The maximum Gasteiger partial charge on any atom is 0.312 e. The zero-order chi connectivity index (χ0) is 14.3. The number of fused-ring (bicyclic) bond motifs is 1. The number of carboxylic acid groups (broad SMARTS) is 1. The Hall–Kier alpha value is -0.200. The van der Waals surface area contributed by atoms with Crippen molar-refractivity contribution in [3.05, 3.63) is 15.6 Å². The predicted octanol–water partition coefficient (Wildman–Crippen LogP) is 3.95. The second kappa shape index (κ2) is 5.89. The van der Waals surface area contributed by atoms with Crippen LogP contribution in [0, 0.1) is 0 Å². The molecule has 0 saturated carbocycles. The molecule has 0 radical (unpaired) electrons. The Morgan fingerprint density at radius 2 is 2.15 bits per heavy atom. The molecule has 1 aromatic rings. The van der Waals surface area contributed by atoms with Gasteiger partial charge in [-0.05, 0) is 19.3 Å². The lowest BCUT2D eigenvalue weighted by atomic mass is 9.91. The normalized spacial score (nSPS) is 33.7. The van der Waals surface area contributed by atoms with Gasteiger partial charge in [0.15, 0.2) is 0 Å². The molecule has 0 spiro atoms. The van der Waals surface area contributed by atoms with E-state index in [4.69, 9.17) is 4.98 Å². The minimum absolute atomic E-state index is 0.374. The summed E-state index contributed by atoms with van der Waals surface area (Å²) in [5.74, 6) is 0.0112. The number of thiazole rings is 1. The van der Waals surface area contributed by atoms with Gasteiger partial charge in [0.2, 0.25) is 0 Å². The summed E-state index contributed by atoms with van der Waals surface area (Å²) in [6.07, 6.45) is 2.73. The molecule has 20 heavy (non-hydrogen) atoms. The van der Waals surface area contributed by atoms with Gasteiger partial charge in [0.05, 0.1) is 16.9 Å². The minimum Gasteiger partial charge on any atom is -0.481 e. The Kier molecular flexibility index (Phi) is 4.34. The highest BCUT2D eigenvalue weighted by atomic mass is 32.2. The largest absolute Gasteiger partial charge is 0.481 e. The molecule has 1 aliphatic heterocycles. The number of carboxylic acids is 1. The predicted molar refractivity (Wildman–Crippen MR) is 87.1 cm³/mol. The van der Waals surface area contributed by atoms with Crippen LogP contribution in [0.3, 0.4) is 0 Å². The fraction of sp³-hybridized carbons (Fsp3) is 0.714. The minimum atomic E-state index is -0.713. The Bertz CT molecular complexity index is 517. The van der Waals surface area contributed by atoms with E-state index in [2.05, 4.69) is 13.8 Å². The first-order valence-electron chi connectivity index (χ1n) is 7.05. The number of thioether (sulfide) groups is 2. The maximum atomic E-state index is 11.4. The summed E-state index contributed by atoms with van der Waals surface area (Å²) in [6.45, 7) is 4.56. The van der Waals surface area contributed by atoms with Crippen LogP contribution in [0.15, 0.2) is 0 Å². The number of aryl methyl sites for hydroxylation is 1. The van der Waals surface area contributed by atoms with Gasteiger partial charge in [-0.1, -0.05) is 13.8 Å². The third kappa shape index (κ3) is 2.74. The Morgan fingerprint density at radius 3 is 2.85 bits per heavy atom.